The summed E-state index contributed by atoms with van der Waals surface area (Å²) >= 11 is 0. The predicted molar refractivity (Wildman–Crippen MR) is 85.7 cm³/mol. The maximum absolute atomic E-state index is 11.7. The van der Waals surface area contributed by atoms with Gasteiger partial charge in [0.1, 0.15) is 5.76 Å². The Labute approximate surface area is 143 Å². The fourth-order valence-electron chi connectivity index (χ4n) is 2.35. The highest BCUT2D eigenvalue weighted by atomic mass is 16.7. The Morgan fingerprint density at radius 1 is 1.12 bits per heavy atom. The number of aliphatic hydroxyl groups is 1. The van der Waals surface area contributed by atoms with E-state index < -0.39 is 17.9 Å². The monoisotopic (exact) mass is 346 g/mol. The van der Waals surface area contributed by atoms with Gasteiger partial charge in [0.25, 0.3) is 0 Å². The molecule has 3 rings (SSSR count). The number of carbonyl (C=O) groups excluding carboxylic acids is 2. The number of hydrogen-bond donors (Lipinski definition) is 3. The maximum atomic E-state index is 11.7. The third-order valence-electron chi connectivity index (χ3n) is 3.69. The SMILES string of the molecule is O=C(NCC[C@@H](O)c1ccc2c(c1)OCO2)C(=O)NCc1ccco1. The first-order valence-electron chi connectivity index (χ1n) is 7.79. The minimum atomic E-state index is -0.791. The van der Waals surface area contributed by atoms with Crippen molar-refractivity contribution in [3.8, 4) is 11.5 Å². The van der Waals surface area contributed by atoms with Crippen LogP contribution in [0.2, 0.25) is 0 Å². The molecule has 132 valence electrons. The number of aliphatic hydroxyl groups excluding tert-OH is 1. The topological polar surface area (TPSA) is 110 Å². The van der Waals surface area contributed by atoms with Gasteiger partial charge in [-0.1, -0.05) is 6.07 Å². The van der Waals surface area contributed by atoms with Crippen molar-refractivity contribution in [2.24, 2.45) is 0 Å². The number of amides is 2. The molecule has 0 saturated heterocycles. The summed E-state index contributed by atoms with van der Waals surface area (Å²) in [6.07, 6.45) is 0.955. The molecule has 0 spiro atoms. The van der Waals surface area contributed by atoms with Crippen LogP contribution in [0, 0.1) is 0 Å². The van der Waals surface area contributed by atoms with Gasteiger partial charge in [0.05, 0.1) is 18.9 Å². The lowest BCUT2D eigenvalue weighted by Gasteiger charge is -2.12. The molecule has 8 heteroatoms. The first-order chi connectivity index (χ1) is 12.1. The molecule has 1 atom stereocenters. The highest BCUT2D eigenvalue weighted by Crippen LogP contribution is 2.34. The summed E-state index contributed by atoms with van der Waals surface area (Å²) in [5, 5.41) is 15.1. The summed E-state index contributed by atoms with van der Waals surface area (Å²) < 4.78 is 15.5. The van der Waals surface area contributed by atoms with Crippen LogP contribution in [0.15, 0.2) is 41.0 Å². The summed E-state index contributed by atoms with van der Waals surface area (Å²) in [4.78, 5) is 23.4. The number of ether oxygens (including phenoxy) is 2. The van der Waals surface area contributed by atoms with Crippen LogP contribution in [0.3, 0.4) is 0 Å². The van der Waals surface area contributed by atoms with Crippen LogP contribution in [-0.4, -0.2) is 30.3 Å². The van der Waals surface area contributed by atoms with Crippen molar-refractivity contribution in [1.82, 2.24) is 10.6 Å². The molecule has 0 unspecified atom stereocenters. The van der Waals surface area contributed by atoms with E-state index in [1.165, 1.54) is 6.26 Å². The average molecular weight is 346 g/mol. The average Bonchev–Trinajstić information content (AvgIpc) is 3.29. The second-order valence-corrected chi connectivity index (χ2v) is 5.44. The zero-order chi connectivity index (χ0) is 17.6. The van der Waals surface area contributed by atoms with Crippen LogP contribution in [0.4, 0.5) is 0 Å². The van der Waals surface area contributed by atoms with E-state index >= 15 is 0 Å². The van der Waals surface area contributed by atoms with Crippen molar-refractivity contribution in [3.63, 3.8) is 0 Å². The van der Waals surface area contributed by atoms with Crippen LogP contribution in [0.5, 0.6) is 11.5 Å². The summed E-state index contributed by atoms with van der Waals surface area (Å²) in [6, 6.07) is 8.54. The Kier molecular flexibility index (Phi) is 5.20. The van der Waals surface area contributed by atoms with E-state index in [1.807, 2.05) is 0 Å². The van der Waals surface area contributed by atoms with Gasteiger partial charge in [-0.3, -0.25) is 9.59 Å². The first-order valence-corrected chi connectivity index (χ1v) is 7.79. The molecule has 0 saturated carbocycles. The molecular weight excluding hydrogens is 328 g/mol. The minimum Gasteiger partial charge on any atom is -0.467 e. The van der Waals surface area contributed by atoms with Gasteiger partial charge in [0, 0.05) is 6.54 Å². The summed E-state index contributed by atoms with van der Waals surface area (Å²) in [5.41, 5.74) is 0.653. The van der Waals surface area contributed by atoms with Crippen molar-refractivity contribution in [2.45, 2.75) is 19.1 Å². The lowest BCUT2D eigenvalue weighted by Crippen LogP contribution is -2.40. The maximum Gasteiger partial charge on any atom is 0.309 e. The van der Waals surface area contributed by atoms with Crippen LogP contribution in [-0.2, 0) is 16.1 Å². The van der Waals surface area contributed by atoms with Gasteiger partial charge in [-0.05, 0) is 36.2 Å². The van der Waals surface area contributed by atoms with E-state index in [0.717, 1.165) is 0 Å². The zero-order valence-corrected chi connectivity index (χ0v) is 13.4. The molecule has 2 aromatic rings. The van der Waals surface area contributed by atoms with E-state index in [0.29, 0.717) is 22.8 Å². The Balaban J connectivity index is 1.41. The number of rotatable bonds is 6. The van der Waals surface area contributed by atoms with Crippen LogP contribution in [0.1, 0.15) is 23.8 Å². The molecule has 0 radical (unpaired) electrons. The normalized spacial score (nSPS) is 13.3. The molecule has 0 aliphatic carbocycles. The van der Waals surface area contributed by atoms with Crippen molar-refractivity contribution < 1.29 is 28.6 Å². The number of benzene rings is 1. The molecule has 2 heterocycles. The Morgan fingerprint density at radius 2 is 1.92 bits per heavy atom. The second kappa shape index (κ2) is 7.71. The van der Waals surface area contributed by atoms with E-state index in [4.69, 9.17) is 13.9 Å². The minimum absolute atomic E-state index is 0.138. The number of nitrogens with one attached hydrogen (secondary N) is 2. The molecule has 1 aromatic carbocycles. The number of furan rings is 1. The van der Waals surface area contributed by atoms with Gasteiger partial charge in [-0.2, -0.15) is 0 Å². The Hall–Kier alpha value is -3.00. The van der Waals surface area contributed by atoms with Gasteiger partial charge >= 0.3 is 11.8 Å². The Bertz CT molecular complexity index is 744. The number of carbonyl (C=O) groups is 2. The van der Waals surface area contributed by atoms with Gasteiger partial charge in [-0.15, -0.1) is 0 Å². The van der Waals surface area contributed by atoms with Gasteiger partial charge in [-0.25, -0.2) is 0 Å². The lowest BCUT2D eigenvalue weighted by atomic mass is 10.1. The highest BCUT2D eigenvalue weighted by molar-refractivity contribution is 6.35. The van der Waals surface area contributed by atoms with E-state index in [1.54, 1.807) is 30.3 Å². The van der Waals surface area contributed by atoms with Crippen LogP contribution < -0.4 is 20.1 Å². The molecule has 8 nitrogen and oxygen atoms in total. The zero-order valence-electron chi connectivity index (χ0n) is 13.4. The molecule has 3 N–H and O–H groups in total. The first kappa shape index (κ1) is 16.8. The van der Waals surface area contributed by atoms with Crippen LogP contribution >= 0.6 is 0 Å². The molecule has 25 heavy (non-hydrogen) atoms. The largest absolute Gasteiger partial charge is 0.467 e. The smallest absolute Gasteiger partial charge is 0.309 e. The molecule has 1 aliphatic heterocycles. The summed E-state index contributed by atoms with van der Waals surface area (Å²) in [6.45, 7) is 0.458. The molecule has 0 bridgehead atoms. The van der Waals surface area contributed by atoms with E-state index in [9.17, 15) is 14.7 Å². The molecule has 1 aromatic heterocycles. The van der Waals surface area contributed by atoms with E-state index in [2.05, 4.69) is 10.6 Å². The third-order valence-corrected chi connectivity index (χ3v) is 3.69. The van der Waals surface area contributed by atoms with Crippen molar-refractivity contribution in [3.05, 3.63) is 47.9 Å². The number of fused-ring (bicyclic) bond motifs is 1. The molecular formula is C17H18N2O6. The summed E-state index contributed by atoms with van der Waals surface area (Å²) in [7, 11) is 0. The van der Waals surface area contributed by atoms with Crippen molar-refractivity contribution >= 4 is 11.8 Å². The second-order valence-electron chi connectivity index (χ2n) is 5.44. The van der Waals surface area contributed by atoms with Crippen molar-refractivity contribution in [2.75, 3.05) is 13.3 Å². The fraction of sp³-hybridized carbons (Fsp3) is 0.294. The van der Waals surface area contributed by atoms with E-state index in [-0.39, 0.29) is 26.3 Å². The highest BCUT2D eigenvalue weighted by Gasteiger charge is 2.18. The lowest BCUT2D eigenvalue weighted by molar-refractivity contribution is -0.139. The molecule has 0 fully saturated rings. The van der Waals surface area contributed by atoms with Gasteiger partial charge in [0.2, 0.25) is 6.79 Å². The van der Waals surface area contributed by atoms with Gasteiger partial charge < -0.3 is 29.6 Å². The fourth-order valence-corrected chi connectivity index (χ4v) is 2.35. The van der Waals surface area contributed by atoms with Crippen molar-refractivity contribution in [1.29, 1.82) is 0 Å². The quantitative estimate of drug-likeness (QED) is 0.670. The summed E-state index contributed by atoms with van der Waals surface area (Å²) in [5.74, 6) is 0.258. The number of hydrogen-bond acceptors (Lipinski definition) is 6. The Morgan fingerprint density at radius 3 is 2.72 bits per heavy atom. The van der Waals surface area contributed by atoms with Gasteiger partial charge in [0.15, 0.2) is 11.5 Å². The van der Waals surface area contributed by atoms with Crippen LogP contribution in [0.25, 0.3) is 0 Å². The molecule has 2 amide bonds. The third kappa shape index (κ3) is 4.30. The predicted octanol–water partition coefficient (Wildman–Crippen LogP) is 0.864. The molecule has 1 aliphatic rings. The standard InChI is InChI=1S/C17H18N2O6/c20-13(11-3-4-14-15(8-11)25-10-24-14)5-6-18-16(21)17(22)19-9-12-2-1-7-23-12/h1-4,7-8,13,20H,5-6,9-10H2,(H,18,21)(H,19,22)/t13-/m1/s1.